The second-order valence-electron chi connectivity index (χ2n) is 7.88. The molecule has 1 saturated heterocycles. The maximum atomic E-state index is 11.8. The number of hydrogen-bond donors (Lipinski definition) is 1. The predicted molar refractivity (Wildman–Crippen MR) is 96.8 cm³/mol. The zero-order valence-corrected chi connectivity index (χ0v) is 15.9. The highest BCUT2D eigenvalue weighted by atomic mass is 16.4. The fourth-order valence-electron chi connectivity index (χ4n) is 3.39. The minimum Gasteiger partial charge on any atom is -0.477 e. The van der Waals surface area contributed by atoms with Crippen molar-refractivity contribution >= 4 is 11.9 Å². The highest BCUT2D eigenvalue weighted by molar-refractivity contribution is 5.96. The number of aliphatic carboxylic acids is 1. The van der Waals surface area contributed by atoms with Crippen molar-refractivity contribution in [2.24, 2.45) is 0 Å². The van der Waals surface area contributed by atoms with Gasteiger partial charge in [-0.2, -0.15) is 0 Å². The second-order valence-corrected chi connectivity index (χ2v) is 7.88. The highest BCUT2D eigenvalue weighted by Gasteiger charge is 2.44. The average Bonchev–Trinajstić information content (AvgIpc) is 3.09. The summed E-state index contributed by atoms with van der Waals surface area (Å²) in [5.41, 5.74) is 0. The molecule has 1 N–H and O–H groups in total. The van der Waals surface area contributed by atoms with Crippen molar-refractivity contribution in [2.75, 3.05) is 33.7 Å². The van der Waals surface area contributed by atoms with Gasteiger partial charge in [0.1, 0.15) is 6.04 Å². The first-order chi connectivity index (χ1) is 11.4. The van der Waals surface area contributed by atoms with E-state index in [4.69, 9.17) is 5.11 Å². The maximum absolute atomic E-state index is 11.8. The van der Waals surface area contributed by atoms with Crippen molar-refractivity contribution < 1.29 is 19.2 Å². The molecule has 1 amide bonds. The molecule has 0 radical (unpaired) electrons. The molecule has 1 heterocycles. The molecule has 1 rings (SSSR count). The molecular formula is C19H37N2O3+. The topological polar surface area (TPSA) is 57.4 Å². The molecule has 0 aromatic heterocycles. The van der Waals surface area contributed by atoms with Crippen LogP contribution in [-0.2, 0) is 9.59 Å². The van der Waals surface area contributed by atoms with Crippen LogP contribution < -0.4 is 0 Å². The number of rotatable bonds is 15. The lowest BCUT2D eigenvalue weighted by atomic mass is 10.1. The van der Waals surface area contributed by atoms with Crippen LogP contribution in [-0.4, -0.2) is 66.1 Å². The van der Waals surface area contributed by atoms with Gasteiger partial charge in [-0.05, 0) is 6.42 Å². The van der Waals surface area contributed by atoms with E-state index in [0.717, 1.165) is 32.4 Å². The summed E-state index contributed by atoms with van der Waals surface area (Å²) in [5.74, 6) is -0.475. The summed E-state index contributed by atoms with van der Waals surface area (Å²) in [5, 5.41) is 8.88. The van der Waals surface area contributed by atoms with Gasteiger partial charge in [-0.25, -0.2) is 4.79 Å². The first-order valence-electron chi connectivity index (χ1n) is 9.71. The van der Waals surface area contributed by atoms with Gasteiger partial charge in [0.2, 0.25) is 5.91 Å². The van der Waals surface area contributed by atoms with Gasteiger partial charge in [-0.15, -0.1) is 0 Å². The van der Waals surface area contributed by atoms with Crippen molar-refractivity contribution in [1.82, 2.24) is 4.90 Å². The molecule has 24 heavy (non-hydrogen) atoms. The average molecular weight is 342 g/mol. The first-order valence-corrected chi connectivity index (χ1v) is 9.71. The summed E-state index contributed by atoms with van der Waals surface area (Å²) in [6.45, 7) is 3.95. The Labute approximate surface area is 147 Å². The van der Waals surface area contributed by atoms with E-state index in [9.17, 15) is 9.59 Å². The molecule has 140 valence electrons. The minimum atomic E-state index is -0.768. The fourth-order valence-corrected chi connectivity index (χ4v) is 3.39. The number of hydrogen-bond acceptors (Lipinski definition) is 2. The lowest BCUT2D eigenvalue weighted by molar-refractivity contribution is -0.883. The fraction of sp³-hybridized carbons (Fsp3) is 0.895. The van der Waals surface area contributed by atoms with Gasteiger partial charge in [-0.3, -0.25) is 4.79 Å². The predicted octanol–water partition coefficient (Wildman–Crippen LogP) is 3.28. The van der Waals surface area contributed by atoms with E-state index in [0.29, 0.717) is 10.4 Å². The van der Waals surface area contributed by atoms with Gasteiger partial charge >= 0.3 is 5.97 Å². The number of carboxylic acid groups (broad SMARTS) is 1. The molecule has 5 nitrogen and oxygen atoms in total. The van der Waals surface area contributed by atoms with Crippen molar-refractivity contribution in [1.29, 1.82) is 0 Å². The number of carbonyl (C=O) groups is 2. The Balaban J connectivity index is 2.02. The number of nitrogens with zero attached hydrogens (tertiary/aromatic N) is 2. The third-order valence-electron chi connectivity index (χ3n) is 4.93. The number of quaternary nitrogens is 1. The Morgan fingerprint density at radius 2 is 1.62 bits per heavy atom. The normalized spacial score (nSPS) is 17.4. The molecule has 0 aromatic carbocycles. The Morgan fingerprint density at radius 3 is 2.21 bits per heavy atom. The zero-order chi connectivity index (χ0) is 18.0. The third kappa shape index (κ3) is 8.67. The molecule has 1 atom stereocenters. The number of unbranched alkanes of at least 4 members (excludes halogenated alkanes) is 7. The second kappa shape index (κ2) is 10.7. The molecule has 0 bridgehead atoms. The Kier molecular flexibility index (Phi) is 9.34. The number of carbonyl (C=O) groups excluding carboxylic acids is 1. The molecule has 0 saturated carbocycles. The number of amides is 1. The first kappa shape index (κ1) is 20.9. The largest absolute Gasteiger partial charge is 0.477 e. The summed E-state index contributed by atoms with van der Waals surface area (Å²) in [6, 6.07) is 0.153. The van der Waals surface area contributed by atoms with E-state index in [1.54, 1.807) is 0 Å². The summed E-state index contributed by atoms with van der Waals surface area (Å²) in [6.07, 6.45) is 12.3. The quantitative estimate of drug-likeness (QED) is 0.282. The summed E-state index contributed by atoms with van der Waals surface area (Å²) in [4.78, 5) is 24.6. The van der Waals surface area contributed by atoms with E-state index in [1.165, 1.54) is 44.9 Å². The van der Waals surface area contributed by atoms with Crippen LogP contribution in [0.3, 0.4) is 0 Å². The van der Waals surface area contributed by atoms with Crippen LogP contribution in [0.2, 0.25) is 0 Å². The SMILES string of the molecule is CCCCCCCCCCC1C(=O)N1CCC[N+](C)(C)CC(=O)O. The van der Waals surface area contributed by atoms with Gasteiger partial charge in [0.25, 0.3) is 0 Å². The van der Waals surface area contributed by atoms with E-state index in [2.05, 4.69) is 6.92 Å². The van der Waals surface area contributed by atoms with Gasteiger partial charge in [0, 0.05) is 13.0 Å². The third-order valence-corrected chi connectivity index (χ3v) is 4.93. The molecule has 1 fully saturated rings. The van der Waals surface area contributed by atoms with Crippen molar-refractivity contribution in [3.05, 3.63) is 0 Å². The van der Waals surface area contributed by atoms with Crippen LogP contribution in [0, 0.1) is 0 Å². The van der Waals surface area contributed by atoms with Crippen molar-refractivity contribution in [3.8, 4) is 0 Å². The molecule has 0 aromatic rings. The Morgan fingerprint density at radius 1 is 1.04 bits per heavy atom. The minimum absolute atomic E-state index is 0.135. The van der Waals surface area contributed by atoms with Crippen molar-refractivity contribution in [3.63, 3.8) is 0 Å². The van der Waals surface area contributed by atoms with Gasteiger partial charge in [0.05, 0.1) is 20.6 Å². The molecule has 1 unspecified atom stereocenters. The van der Waals surface area contributed by atoms with Gasteiger partial charge < -0.3 is 14.5 Å². The van der Waals surface area contributed by atoms with Crippen LogP contribution in [0.1, 0.15) is 71.1 Å². The van der Waals surface area contributed by atoms with Crippen LogP contribution in [0.15, 0.2) is 0 Å². The molecule has 1 aliphatic rings. The van der Waals surface area contributed by atoms with E-state index >= 15 is 0 Å². The summed E-state index contributed by atoms with van der Waals surface area (Å²) < 4.78 is 0.472. The summed E-state index contributed by atoms with van der Waals surface area (Å²) in [7, 11) is 3.85. The molecule has 0 aliphatic carbocycles. The number of likely N-dealkylation sites (N-methyl/N-ethyl adjacent to an activating group) is 1. The van der Waals surface area contributed by atoms with Gasteiger partial charge in [-0.1, -0.05) is 58.3 Å². The molecule has 0 spiro atoms. The lowest BCUT2D eigenvalue weighted by Gasteiger charge is -2.27. The monoisotopic (exact) mass is 341 g/mol. The van der Waals surface area contributed by atoms with Crippen LogP contribution in [0.4, 0.5) is 0 Å². The van der Waals surface area contributed by atoms with Crippen LogP contribution in [0.25, 0.3) is 0 Å². The molecule has 5 heteroatoms. The lowest BCUT2D eigenvalue weighted by Crippen LogP contribution is -2.45. The summed E-state index contributed by atoms with van der Waals surface area (Å²) >= 11 is 0. The van der Waals surface area contributed by atoms with E-state index < -0.39 is 5.97 Å². The highest BCUT2D eigenvalue weighted by Crippen LogP contribution is 2.26. The Hall–Kier alpha value is -1.10. The van der Waals surface area contributed by atoms with Crippen LogP contribution >= 0.6 is 0 Å². The van der Waals surface area contributed by atoms with Crippen LogP contribution in [0.5, 0.6) is 0 Å². The molecule has 1 aliphatic heterocycles. The van der Waals surface area contributed by atoms with E-state index in [1.807, 2.05) is 19.0 Å². The standard InChI is InChI=1S/C19H36N2O3/c1-4-5-6-7-8-9-10-11-13-17-19(24)20(17)14-12-15-21(2,3)16-18(22)23/h17H,4-16H2,1-3H3/p+1. The Bertz CT molecular complexity index is 396. The zero-order valence-electron chi connectivity index (χ0n) is 15.9. The molecular weight excluding hydrogens is 304 g/mol. The number of carboxylic acids is 1. The maximum Gasteiger partial charge on any atom is 0.359 e. The smallest absolute Gasteiger partial charge is 0.359 e. The van der Waals surface area contributed by atoms with E-state index in [-0.39, 0.29) is 12.6 Å². The van der Waals surface area contributed by atoms with Gasteiger partial charge in [0.15, 0.2) is 6.54 Å². The van der Waals surface area contributed by atoms with Crippen molar-refractivity contribution in [2.45, 2.75) is 77.2 Å².